The second kappa shape index (κ2) is 4.08. The molecular formula is C11H13ClFNO. The van der Waals surface area contributed by atoms with Crippen molar-refractivity contribution < 1.29 is 9.13 Å². The highest BCUT2D eigenvalue weighted by atomic mass is 35.5. The second-order valence-electron chi connectivity index (χ2n) is 3.92. The summed E-state index contributed by atoms with van der Waals surface area (Å²) in [7, 11) is 0. The van der Waals surface area contributed by atoms with E-state index in [0.717, 1.165) is 12.0 Å². The van der Waals surface area contributed by atoms with Crippen molar-refractivity contribution in [3.8, 4) is 0 Å². The topological polar surface area (TPSA) is 35.2 Å². The van der Waals surface area contributed by atoms with Crippen molar-refractivity contribution in [2.45, 2.75) is 11.8 Å². The Bertz CT molecular complexity index is 364. The molecule has 0 radical (unpaired) electrons. The Balaban J connectivity index is 2.38. The third-order valence-corrected chi connectivity index (χ3v) is 3.32. The predicted octanol–water partition coefficient (Wildman–Crippen LogP) is 2.10. The molecule has 15 heavy (non-hydrogen) atoms. The third kappa shape index (κ3) is 1.87. The molecule has 1 aromatic carbocycles. The number of benzene rings is 1. The van der Waals surface area contributed by atoms with Gasteiger partial charge in [-0.3, -0.25) is 0 Å². The lowest BCUT2D eigenvalue weighted by Crippen LogP contribution is -2.35. The molecule has 0 spiro atoms. The van der Waals surface area contributed by atoms with E-state index >= 15 is 0 Å². The van der Waals surface area contributed by atoms with Crippen LogP contribution in [0, 0.1) is 5.82 Å². The molecule has 1 aliphatic rings. The highest BCUT2D eigenvalue weighted by Gasteiger charge is 2.35. The number of ether oxygens (including phenoxy) is 1. The minimum Gasteiger partial charge on any atom is -0.380 e. The van der Waals surface area contributed by atoms with Crippen LogP contribution < -0.4 is 5.73 Å². The summed E-state index contributed by atoms with van der Waals surface area (Å²) in [4.78, 5) is 0. The van der Waals surface area contributed by atoms with Crippen LogP contribution in [-0.4, -0.2) is 19.8 Å². The van der Waals surface area contributed by atoms with Gasteiger partial charge in [0.05, 0.1) is 11.6 Å². The Kier molecular flexibility index (Phi) is 2.96. The van der Waals surface area contributed by atoms with Gasteiger partial charge in [-0.1, -0.05) is 17.7 Å². The summed E-state index contributed by atoms with van der Waals surface area (Å²) in [5, 5.41) is 0.146. The first-order valence-electron chi connectivity index (χ1n) is 4.91. The maximum atomic E-state index is 13.0. The first kappa shape index (κ1) is 10.9. The molecule has 0 aliphatic carbocycles. The summed E-state index contributed by atoms with van der Waals surface area (Å²) in [5.41, 5.74) is 6.56. The molecule has 0 amide bonds. The molecule has 0 saturated carbocycles. The van der Waals surface area contributed by atoms with Crippen LogP contribution in [0.2, 0.25) is 5.02 Å². The molecule has 2 rings (SSSR count). The van der Waals surface area contributed by atoms with Crippen LogP contribution in [0.5, 0.6) is 0 Å². The lowest BCUT2D eigenvalue weighted by Gasteiger charge is -2.26. The number of rotatable bonds is 2. The van der Waals surface area contributed by atoms with Crippen LogP contribution in [0.25, 0.3) is 0 Å². The third-order valence-electron chi connectivity index (χ3n) is 3.03. The van der Waals surface area contributed by atoms with Gasteiger partial charge in [0, 0.05) is 18.6 Å². The Morgan fingerprint density at radius 2 is 2.33 bits per heavy atom. The fraction of sp³-hybridized carbons (Fsp3) is 0.455. The fourth-order valence-electron chi connectivity index (χ4n) is 1.94. The van der Waals surface area contributed by atoms with E-state index < -0.39 is 5.82 Å². The van der Waals surface area contributed by atoms with Gasteiger partial charge in [-0.15, -0.1) is 0 Å². The zero-order valence-corrected chi connectivity index (χ0v) is 9.06. The summed E-state index contributed by atoms with van der Waals surface area (Å²) >= 11 is 5.75. The van der Waals surface area contributed by atoms with Crippen LogP contribution in [0.1, 0.15) is 12.0 Å². The summed E-state index contributed by atoms with van der Waals surface area (Å²) in [6, 6.07) is 4.77. The second-order valence-corrected chi connectivity index (χ2v) is 4.32. The Morgan fingerprint density at radius 3 is 2.87 bits per heavy atom. The molecule has 2 nitrogen and oxygen atoms in total. The van der Waals surface area contributed by atoms with E-state index in [-0.39, 0.29) is 10.4 Å². The average molecular weight is 230 g/mol. The number of nitrogens with two attached hydrogens (primary N) is 1. The molecule has 1 saturated heterocycles. The molecule has 1 atom stereocenters. The normalized spacial score (nSPS) is 25.8. The van der Waals surface area contributed by atoms with Gasteiger partial charge in [0.2, 0.25) is 0 Å². The first-order valence-corrected chi connectivity index (χ1v) is 5.29. The maximum absolute atomic E-state index is 13.0. The standard InChI is InChI=1S/C11H13ClFNO/c12-9-5-8(1-2-10(9)13)11(6-14)3-4-15-7-11/h1-2,5H,3-4,6-7,14H2. The van der Waals surface area contributed by atoms with Crippen molar-refractivity contribution in [3.05, 3.63) is 34.6 Å². The van der Waals surface area contributed by atoms with Crippen LogP contribution in [-0.2, 0) is 10.2 Å². The van der Waals surface area contributed by atoms with Crippen molar-refractivity contribution in [2.75, 3.05) is 19.8 Å². The van der Waals surface area contributed by atoms with E-state index in [2.05, 4.69) is 0 Å². The van der Waals surface area contributed by atoms with Crippen molar-refractivity contribution >= 4 is 11.6 Å². The molecule has 1 aliphatic heterocycles. The monoisotopic (exact) mass is 229 g/mol. The van der Waals surface area contributed by atoms with Crippen LogP contribution in [0.4, 0.5) is 4.39 Å². The fourth-order valence-corrected chi connectivity index (χ4v) is 2.12. The molecule has 82 valence electrons. The van der Waals surface area contributed by atoms with Crippen LogP contribution in [0.3, 0.4) is 0 Å². The van der Waals surface area contributed by atoms with Gasteiger partial charge in [-0.25, -0.2) is 4.39 Å². The molecule has 2 N–H and O–H groups in total. The Labute approximate surface area is 93.2 Å². The van der Waals surface area contributed by atoms with E-state index in [1.165, 1.54) is 6.07 Å². The summed E-state index contributed by atoms with van der Waals surface area (Å²) < 4.78 is 18.4. The lowest BCUT2D eigenvalue weighted by molar-refractivity contribution is 0.178. The van der Waals surface area contributed by atoms with E-state index in [4.69, 9.17) is 22.1 Å². The summed E-state index contributed by atoms with van der Waals surface area (Å²) in [5.74, 6) is -0.397. The van der Waals surface area contributed by atoms with Gasteiger partial charge in [-0.2, -0.15) is 0 Å². The highest BCUT2D eigenvalue weighted by Crippen LogP contribution is 2.33. The van der Waals surface area contributed by atoms with E-state index in [1.807, 2.05) is 0 Å². The van der Waals surface area contributed by atoms with Crippen molar-refractivity contribution in [2.24, 2.45) is 5.73 Å². The van der Waals surface area contributed by atoms with E-state index in [0.29, 0.717) is 19.8 Å². The number of hydrogen-bond acceptors (Lipinski definition) is 2. The molecule has 1 fully saturated rings. The number of halogens is 2. The van der Waals surface area contributed by atoms with Gasteiger partial charge >= 0.3 is 0 Å². The van der Waals surface area contributed by atoms with Crippen LogP contribution in [0.15, 0.2) is 18.2 Å². The number of hydrogen-bond donors (Lipinski definition) is 1. The smallest absolute Gasteiger partial charge is 0.141 e. The van der Waals surface area contributed by atoms with Crippen molar-refractivity contribution in [3.63, 3.8) is 0 Å². The zero-order chi connectivity index (χ0) is 10.9. The van der Waals surface area contributed by atoms with Gasteiger partial charge in [-0.05, 0) is 24.1 Å². The molecule has 1 heterocycles. The molecular weight excluding hydrogens is 217 g/mol. The van der Waals surface area contributed by atoms with Gasteiger partial charge in [0.25, 0.3) is 0 Å². The predicted molar refractivity (Wildman–Crippen MR) is 57.6 cm³/mol. The molecule has 1 aromatic rings. The summed E-state index contributed by atoms with van der Waals surface area (Å²) in [6.45, 7) is 1.78. The Morgan fingerprint density at radius 1 is 1.53 bits per heavy atom. The van der Waals surface area contributed by atoms with Gasteiger partial charge in [0.15, 0.2) is 0 Å². The zero-order valence-electron chi connectivity index (χ0n) is 8.30. The van der Waals surface area contributed by atoms with Crippen molar-refractivity contribution in [1.29, 1.82) is 0 Å². The van der Waals surface area contributed by atoms with Gasteiger partial charge in [0.1, 0.15) is 5.82 Å². The quantitative estimate of drug-likeness (QED) is 0.843. The molecule has 0 bridgehead atoms. The molecule has 0 aromatic heterocycles. The minimum atomic E-state index is -0.397. The SMILES string of the molecule is NCC1(c2ccc(F)c(Cl)c2)CCOC1. The summed E-state index contributed by atoms with van der Waals surface area (Å²) in [6.07, 6.45) is 0.867. The molecule has 1 unspecified atom stereocenters. The minimum absolute atomic E-state index is 0.146. The first-order chi connectivity index (χ1) is 7.18. The molecule has 4 heteroatoms. The van der Waals surface area contributed by atoms with E-state index in [9.17, 15) is 4.39 Å². The van der Waals surface area contributed by atoms with Crippen LogP contribution >= 0.6 is 11.6 Å². The highest BCUT2D eigenvalue weighted by molar-refractivity contribution is 6.30. The lowest BCUT2D eigenvalue weighted by atomic mass is 9.80. The van der Waals surface area contributed by atoms with E-state index in [1.54, 1.807) is 12.1 Å². The largest absolute Gasteiger partial charge is 0.380 e. The Hall–Kier alpha value is -0.640. The van der Waals surface area contributed by atoms with Crippen molar-refractivity contribution in [1.82, 2.24) is 0 Å². The van der Waals surface area contributed by atoms with Gasteiger partial charge < -0.3 is 10.5 Å². The average Bonchev–Trinajstić information content (AvgIpc) is 2.72. The maximum Gasteiger partial charge on any atom is 0.141 e.